The number of hydrogen-bond acceptors (Lipinski definition) is 3. The van der Waals surface area contributed by atoms with E-state index in [9.17, 15) is 5.11 Å². The Morgan fingerprint density at radius 2 is 2.05 bits per heavy atom. The van der Waals surface area contributed by atoms with E-state index in [2.05, 4.69) is 4.98 Å². The molecule has 0 amide bonds. The monoisotopic (exact) mass is 257 g/mol. The Balaban J connectivity index is 2.18. The van der Waals surface area contributed by atoms with Crippen molar-refractivity contribution in [1.82, 2.24) is 4.98 Å². The molecular weight excluding hydrogens is 238 g/mol. The summed E-state index contributed by atoms with van der Waals surface area (Å²) in [6, 6.07) is 9.75. The summed E-state index contributed by atoms with van der Waals surface area (Å²) in [6.45, 7) is 6.16. The Bertz CT molecular complexity index is 564. The molecule has 0 saturated carbocycles. The van der Waals surface area contributed by atoms with Crippen molar-refractivity contribution >= 4 is 0 Å². The van der Waals surface area contributed by atoms with Gasteiger partial charge in [-0.15, -0.1) is 0 Å². The van der Waals surface area contributed by atoms with E-state index in [1.807, 2.05) is 44.2 Å². The van der Waals surface area contributed by atoms with Crippen LogP contribution in [0.5, 0.6) is 5.75 Å². The van der Waals surface area contributed by atoms with Crippen molar-refractivity contribution in [2.24, 2.45) is 0 Å². The lowest BCUT2D eigenvalue weighted by molar-refractivity contribution is 0.189. The van der Waals surface area contributed by atoms with Gasteiger partial charge < -0.3 is 9.84 Å². The molecule has 1 aromatic heterocycles. The third-order valence-electron chi connectivity index (χ3n) is 3.10. The van der Waals surface area contributed by atoms with E-state index < -0.39 is 6.10 Å². The van der Waals surface area contributed by atoms with Gasteiger partial charge in [0.05, 0.1) is 11.8 Å². The number of rotatable bonds is 4. The van der Waals surface area contributed by atoms with Gasteiger partial charge in [0.1, 0.15) is 12.4 Å². The van der Waals surface area contributed by atoms with Crippen molar-refractivity contribution in [3.05, 3.63) is 58.9 Å². The number of ether oxygens (including phenoxy) is 1. The molecule has 0 aliphatic heterocycles. The average molecular weight is 257 g/mol. The van der Waals surface area contributed by atoms with Crippen LogP contribution in [0.1, 0.15) is 35.4 Å². The highest BCUT2D eigenvalue weighted by Gasteiger charge is 2.10. The first-order valence-corrected chi connectivity index (χ1v) is 6.40. The van der Waals surface area contributed by atoms with E-state index in [4.69, 9.17) is 4.74 Å². The maximum atomic E-state index is 9.79. The number of benzene rings is 1. The third kappa shape index (κ3) is 3.32. The van der Waals surface area contributed by atoms with Gasteiger partial charge in [0.15, 0.2) is 0 Å². The summed E-state index contributed by atoms with van der Waals surface area (Å²) in [6.07, 6.45) is 1.22. The van der Waals surface area contributed by atoms with Crippen LogP contribution in [-0.2, 0) is 6.61 Å². The Morgan fingerprint density at radius 1 is 1.26 bits per heavy atom. The molecule has 3 heteroatoms. The molecule has 1 N–H and O–H groups in total. The van der Waals surface area contributed by atoms with E-state index in [0.29, 0.717) is 12.4 Å². The topological polar surface area (TPSA) is 42.4 Å². The molecule has 0 aliphatic rings. The number of aromatic nitrogens is 1. The molecule has 0 bridgehead atoms. The SMILES string of the molecule is Cc1ccc(OCc2ncccc2C)c([C@@H](C)O)c1. The van der Waals surface area contributed by atoms with Crippen LogP contribution in [0, 0.1) is 13.8 Å². The molecular formula is C16H19NO2. The molecule has 100 valence electrons. The normalized spacial score (nSPS) is 12.2. The lowest BCUT2D eigenvalue weighted by atomic mass is 10.1. The maximum Gasteiger partial charge on any atom is 0.130 e. The minimum Gasteiger partial charge on any atom is -0.487 e. The van der Waals surface area contributed by atoms with Crippen LogP contribution < -0.4 is 4.74 Å². The molecule has 0 spiro atoms. The van der Waals surface area contributed by atoms with E-state index in [1.54, 1.807) is 13.1 Å². The molecule has 1 heterocycles. The van der Waals surface area contributed by atoms with Gasteiger partial charge in [-0.25, -0.2) is 0 Å². The smallest absolute Gasteiger partial charge is 0.130 e. The number of aliphatic hydroxyl groups is 1. The quantitative estimate of drug-likeness (QED) is 0.913. The van der Waals surface area contributed by atoms with E-state index in [0.717, 1.165) is 22.4 Å². The van der Waals surface area contributed by atoms with Crippen molar-refractivity contribution in [1.29, 1.82) is 0 Å². The van der Waals surface area contributed by atoms with Crippen LogP contribution in [0.3, 0.4) is 0 Å². The number of pyridine rings is 1. The lowest BCUT2D eigenvalue weighted by Crippen LogP contribution is -2.04. The van der Waals surface area contributed by atoms with Gasteiger partial charge in [0.2, 0.25) is 0 Å². The summed E-state index contributed by atoms with van der Waals surface area (Å²) in [5.74, 6) is 0.714. The first kappa shape index (κ1) is 13.6. The van der Waals surface area contributed by atoms with Crippen molar-refractivity contribution in [3.63, 3.8) is 0 Å². The predicted molar refractivity (Wildman–Crippen MR) is 75.1 cm³/mol. The number of hydrogen-bond donors (Lipinski definition) is 1. The first-order chi connectivity index (χ1) is 9.08. The second-order valence-corrected chi connectivity index (χ2v) is 4.77. The molecule has 1 atom stereocenters. The fourth-order valence-corrected chi connectivity index (χ4v) is 1.94. The van der Waals surface area contributed by atoms with Gasteiger partial charge in [-0.2, -0.15) is 0 Å². The molecule has 19 heavy (non-hydrogen) atoms. The summed E-state index contributed by atoms with van der Waals surface area (Å²) >= 11 is 0. The van der Waals surface area contributed by atoms with Gasteiger partial charge in [0, 0.05) is 11.8 Å². The van der Waals surface area contributed by atoms with Crippen LogP contribution in [0.2, 0.25) is 0 Å². The van der Waals surface area contributed by atoms with Crippen molar-refractivity contribution < 1.29 is 9.84 Å². The number of aryl methyl sites for hydroxylation is 2. The Hall–Kier alpha value is -1.87. The minimum absolute atomic E-state index is 0.412. The molecule has 0 fully saturated rings. The third-order valence-corrected chi connectivity index (χ3v) is 3.10. The molecule has 0 aliphatic carbocycles. The largest absolute Gasteiger partial charge is 0.487 e. The Morgan fingerprint density at radius 3 is 2.74 bits per heavy atom. The van der Waals surface area contributed by atoms with Crippen LogP contribution in [-0.4, -0.2) is 10.1 Å². The highest BCUT2D eigenvalue weighted by molar-refractivity contribution is 5.38. The Labute approximate surface area is 113 Å². The first-order valence-electron chi connectivity index (χ1n) is 6.40. The van der Waals surface area contributed by atoms with Gasteiger partial charge in [0.25, 0.3) is 0 Å². The van der Waals surface area contributed by atoms with Crippen molar-refractivity contribution in [2.45, 2.75) is 33.5 Å². The van der Waals surface area contributed by atoms with Gasteiger partial charge in [-0.1, -0.05) is 17.7 Å². The zero-order valence-electron chi connectivity index (χ0n) is 11.6. The summed E-state index contributed by atoms with van der Waals surface area (Å²) in [4.78, 5) is 4.30. The van der Waals surface area contributed by atoms with E-state index in [1.165, 1.54) is 0 Å². The van der Waals surface area contributed by atoms with E-state index >= 15 is 0 Å². The molecule has 2 aromatic rings. The molecule has 2 rings (SSSR count). The van der Waals surface area contributed by atoms with Crippen LogP contribution >= 0.6 is 0 Å². The van der Waals surface area contributed by atoms with Crippen LogP contribution in [0.25, 0.3) is 0 Å². The fraction of sp³-hybridized carbons (Fsp3) is 0.312. The number of aliphatic hydroxyl groups excluding tert-OH is 1. The Kier molecular flexibility index (Phi) is 4.17. The summed E-state index contributed by atoms with van der Waals surface area (Å²) in [5, 5.41) is 9.79. The summed E-state index contributed by atoms with van der Waals surface area (Å²) in [7, 11) is 0. The molecule has 0 radical (unpaired) electrons. The van der Waals surface area contributed by atoms with Crippen LogP contribution in [0.4, 0.5) is 0 Å². The van der Waals surface area contributed by atoms with Crippen molar-refractivity contribution in [2.75, 3.05) is 0 Å². The molecule has 0 unspecified atom stereocenters. The molecule has 3 nitrogen and oxygen atoms in total. The second-order valence-electron chi connectivity index (χ2n) is 4.77. The zero-order chi connectivity index (χ0) is 13.8. The number of nitrogens with zero attached hydrogens (tertiary/aromatic N) is 1. The van der Waals surface area contributed by atoms with Crippen molar-refractivity contribution in [3.8, 4) is 5.75 Å². The van der Waals surface area contributed by atoms with Gasteiger partial charge in [-0.05, 0) is 44.5 Å². The fourth-order valence-electron chi connectivity index (χ4n) is 1.94. The summed E-state index contributed by atoms with van der Waals surface area (Å²) in [5.41, 5.74) is 3.94. The highest BCUT2D eigenvalue weighted by atomic mass is 16.5. The lowest BCUT2D eigenvalue weighted by Gasteiger charge is -2.14. The molecule has 1 aromatic carbocycles. The predicted octanol–water partition coefficient (Wildman–Crippen LogP) is 3.33. The standard InChI is InChI=1S/C16H19NO2/c1-11-6-7-16(14(9-11)13(3)18)19-10-15-12(2)5-4-8-17-15/h4-9,13,18H,10H2,1-3H3/t13-/m1/s1. The summed E-state index contributed by atoms with van der Waals surface area (Å²) < 4.78 is 5.80. The maximum absolute atomic E-state index is 9.79. The van der Waals surface area contributed by atoms with E-state index in [-0.39, 0.29) is 0 Å². The highest BCUT2D eigenvalue weighted by Crippen LogP contribution is 2.27. The molecule has 0 saturated heterocycles. The average Bonchev–Trinajstić information content (AvgIpc) is 2.38. The zero-order valence-corrected chi connectivity index (χ0v) is 11.6. The van der Waals surface area contributed by atoms with Gasteiger partial charge >= 0.3 is 0 Å². The van der Waals surface area contributed by atoms with Crippen LogP contribution in [0.15, 0.2) is 36.5 Å². The second kappa shape index (κ2) is 5.85. The minimum atomic E-state index is -0.542. The van der Waals surface area contributed by atoms with Gasteiger partial charge in [-0.3, -0.25) is 4.98 Å².